The number of rotatable bonds is 14. The van der Waals surface area contributed by atoms with Crippen molar-refractivity contribution in [2.75, 3.05) is 66.1 Å². The van der Waals surface area contributed by atoms with Crippen LogP contribution in [0.4, 0.5) is 0 Å². The Morgan fingerprint density at radius 1 is 0.630 bits per heavy atom. The summed E-state index contributed by atoms with van der Waals surface area (Å²) in [6.07, 6.45) is 4.41. The Labute approximate surface area is 165 Å². The van der Waals surface area contributed by atoms with Gasteiger partial charge in [0.15, 0.2) is 0 Å². The van der Waals surface area contributed by atoms with E-state index in [2.05, 4.69) is 13.8 Å². The maximum absolute atomic E-state index is 5.72. The van der Waals surface area contributed by atoms with E-state index in [9.17, 15) is 0 Å². The molecular formula is C17H34O8P2. The van der Waals surface area contributed by atoms with E-state index in [-0.39, 0.29) is 5.41 Å². The van der Waals surface area contributed by atoms with Crippen molar-refractivity contribution in [1.29, 1.82) is 0 Å². The zero-order valence-corrected chi connectivity index (χ0v) is 18.3. The van der Waals surface area contributed by atoms with Gasteiger partial charge in [0, 0.05) is 13.2 Å². The third-order valence-corrected chi connectivity index (χ3v) is 6.18. The van der Waals surface area contributed by atoms with Gasteiger partial charge >= 0.3 is 17.2 Å². The fourth-order valence-corrected chi connectivity index (χ4v) is 4.68. The first kappa shape index (κ1) is 23.8. The molecule has 0 saturated carbocycles. The number of ether oxygens (including phenoxy) is 2. The third kappa shape index (κ3) is 9.72. The monoisotopic (exact) mass is 428 g/mol. The first-order valence-electron chi connectivity index (χ1n) is 9.81. The third-order valence-electron chi connectivity index (χ3n) is 4.04. The number of hydrogen-bond acceptors (Lipinski definition) is 8. The molecule has 8 nitrogen and oxygen atoms in total. The van der Waals surface area contributed by atoms with Crippen molar-refractivity contribution in [2.45, 2.75) is 39.5 Å². The van der Waals surface area contributed by atoms with Crippen LogP contribution in [0, 0.1) is 5.41 Å². The quantitative estimate of drug-likeness (QED) is 0.301. The standard InChI is InChI=1S/C17H34O8P2/c1-3-5-7-18-9-11-20-26-22-13-17(14-23-26)15-24-27(25-16-17)21-12-10-19-8-6-4-2/h3-16H2,1-2H3. The molecule has 0 aliphatic carbocycles. The highest BCUT2D eigenvalue weighted by atomic mass is 31.2. The summed E-state index contributed by atoms with van der Waals surface area (Å²) in [6, 6.07) is 0. The average molecular weight is 428 g/mol. The molecule has 2 aliphatic rings. The van der Waals surface area contributed by atoms with Crippen LogP contribution in [-0.4, -0.2) is 66.1 Å². The van der Waals surface area contributed by atoms with Crippen LogP contribution in [0.25, 0.3) is 0 Å². The smallest absolute Gasteiger partial charge is 0.332 e. The zero-order chi connectivity index (χ0) is 19.2. The van der Waals surface area contributed by atoms with E-state index >= 15 is 0 Å². The molecule has 27 heavy (non-hydrogen) atoms. The summed E-state index contributed by atoms with van der Waals surface area (Å²) >= 11 is 0. The van der Waals surface area contributed by atoms with Gasteiger partial charge in [-0.1, -0.05) is 26.7 Å². The summed E-state index contributed by atoms with van der Waals surface area (Å²) in [5.74, 6) is 0. The minimum absolute atomic E-state index is 0.278. The Balaban J connectivity index is 1.49. The summed E-state index contributed by atoms with van der Waals surface area (Å²) < 4.78 is 45.0. The lowest BCUT2D eigenvalue weighted by molar-refractivity contribution is -0.0783. The second-order valence-corrected chi connectivity index (χ2v) is 9.08. The first-order valence-corrected chi connectivity index (χ1v) is 12.0. The minimum atomic E-state index is -1.31. The van der Waals surface area contributed by atoms with Gasteiger partial charge < -0.3 is 36.6 Å². The van der Waals surface area contributed by atoms with Crippen LogP contribution in [0.5, 0.6) is 0 Å². The molecule has 0 amide bonds. The molecular weight excluding hydrogens is 394 g/mol. The van der Waals surface area contributed by atoms with Crippen LogP contribution in [-0.2, 0) is 36.6 Å². The Morgan fingerprint density at radius 2 is 1.04 bits per heavy atom. The predicted molar refractivity (Wildman–Crippen MR) is 103 cm³/mol. The molecule has 2 aliphatic heterocycles. The molecule has 0 aromatic heterocycles. The number of hydrogen-bond donors (Lipinski definition) is 0. The maximum atomic E-state index is 5.72. The summed E-state index contributed by atoms with van der Waals surface area (Å²) in [4.78, 5) is 0. The molecule has 2 rings (SSSR count). The summed E-state index contributed by atoms with van der Waals surface area (Å²) in [7, 11) is -2.62. The van der Waals surface area contributed by atoms with E-state index in [0.717, 1.165) is 38.9 Å². The van der Waals surface area contributed by atoms with Crippen molar-refractivity contribution in [3.8, 4) is 0 Å². The van der Waals surface area contributed by atoms with E-state index in [1.54, 1.807) is 0 Å². The van der Waals surface area contributed by atoms with Crippen LogP contribution >= 0.6 is 17.2 Å². The molecule has 0 unspecified atom stereocenters. The molecule has 0 aromatic carbocycles. The van der Waals surface area contributed by atoms with Gasteiger partial charge in [-0.15, -0.1) is 0 Å². The molecule has 0 bridgehead atoms. The first-order chi connectivity index (χ1) is 13.3. The van der Waals surface area contributed by atoms with Gasteiger partial charge in [-0.2, -0.15) is 0 Å². The van der Waals surface area contributed by atoms with Crippen molar-refractivity contribution in [3.05, 3.63) is 0 Å². The van der Waals surface area contributed by atoms with Crippen LogP contribution in [0.2, 0.25) is 0 Å². The summed E-state index contributed by atoms with van der Waals surface area (Å²) in [5.41, 5.74) is -0.278. The van der Waals surface area contributed by atoms with E-state index in [4.69, 9.17) is 36.6 Å². The van der Waals surface area contributed by atoms with Crippen LogP contribution in [0.15, 0.2) is 0 Å². The summed E-state index contributed by atoms with van der Waals surface area (Å²) in [5, 5.41) is 0. The normalized spacial score (nSPS) is 28.7. The lowest BCUT2D eigenvalue weighted by atomic mass is 9.93. The van der Waals surface area contributed by atoms with E-state index < -0.39 is 17.2 Å². The van der Waals surface area contributed by atoms with Crippen molar-refractivity contribution < 1.29 is 36.6 Å². The molecule has 0 atom stereocenters. The fourth-order valence-electron chi connectivity index (χ4n) is 2.27. The molecule has 0 N–H and O–H groups in total. The SMILES string of the molecule is CCCCOCCOP1OCC2(CO1)COP(OCCOCCCC)OC2. The molecule has 2 heterocycles. The average Bonchev–Trinajstić information content (AvgIpc) is 2.70. The highest BCUT2D eigenvalue weighted by Gasteiger charge is 2.43. The van der Waals surface area contributed by atoms with E-state index in [0.29, 0.717) is 52.9 Å². The maximum Gasteiger partial charge on any atom is 0.332 e. The van der Waals surface area contributed by atoms with Gasteiger partial charge in [-0.3, -0.25) is 0 Å². The molecule has 160 valence electrons. The highest BCUT2D eigenvalue weighted by molar-refractivity contribution is 7.42. The lowest BCUT2D eigenvalue weighted by Crippen LogP contribution is -2.44. The molecule has 2 saturated heterocycles. The highest BCUT2D eigenvalue weighted by Crippen LogP contribution is 2.52. The lowest BCUT2D eigenvalue weighted by Gasteiger charge is -2.41. The van der Waals surface area contributed by atoms with Crippen LogP contribution in [0.1, 0.15) is 39.5 Å². The molecule has 10 heteroatoms. The fraction of sp³-hybridized carbons (Fsp3) is 1.00. The second kappa shape index (κ2) is 14.5. The molecule has 2 fully saturated rings. The van der Waals surface area contributed by atoms with Crippen LogP contribution < -0.4 is 0 Å². The van der Waals surface area contributed by atoms with Crippen molar-refractivity contribution in [1.82, 2.24) is 0 Å². The van der Waals surface area contributed by atoms with Gasteiger partial charge in [-0.05, 0) is 12.8 Å². The van der Waals surface area contributed by atoms with Crippen molar-refractivity contribution in [2.24, 2.45) is 5.41 Å². The van der Waals surface area contributed by atoms with Crippen molar-refractivity contribution >= 4 is 17.2 Å². The Hall–Kier alpha value is 0.540. The Kier molecular flexibility index (Phi) is 12.8. The molecule has 0 radical (unpaired) electrons. The number of unbranched alkanes of at least 4 members (excludes halogenated alkanes) is 2. The second-order valence-electron chi connectivity index (χ2n) is 6.64. The Morgan fingerprint density at radius 3 is 1.41 bits per heavy atom. The van der Waals surface area contributed by atoms with Crippen molar-refractivity contribution in [3.63, 3.8) is 0 Å². The van der Waals surface area contributed by atoms with E-state index in [1.165, 1.54) is 0 Å². The molecule has 1 spiro atoms. The van der Waals surface area contributed by atoms with E-state index in [1.807, 2.05) is 0 Å². The minimum Gasteiger partial charge on any atom is -0.379 e. The zero-order valence-electron chi connectivity index (χ0n) is 16.6. The van der Waals surface area contributed by atoms with Gasteiger partial charge in [-0.25, -0.2) is 0 Å². The van der Waals surface area contributed by atoms with Gasteiger partial charge in [0.05, 0.1) is 58.3 Å². The largest absolute Gasteiger partial charge is 0.379 e. The van der Waals surface area contributed by atoms with Gasteiger partial charge in [0.2, 0.25) is 0 Å². The van der Waals surface area contributed by atoms with Gasteiger partial charge in [0.25, 0.3) is 0 Å². The predicted octanol–water partition coefficient (Wildman–Crippen LogP) is 4.19. The Bertz CT molecular complexity index is 323. The molecule has 0 aromatic rings. The topological polar surface area (TPSA) is 73.8 Å². The summed E-state index contributed by atoms with van der Waals surface area (Å²) in [6.45, 7) is 9.90. The van der Waals surface area contributed by atoms with Crippen LogP contribution in [0.3, 0.4) is 0 Å². The van der Waals surface area contributed by atoms with Gasteiger partial charge in [0.1, 0.15) is 0 Å².